The zero-order chi connectivity index (χ0) is 18.1. The summed E-state index contributed by atoms with van der Waals surface area (Å²) in [6.07, 6.45) is 0. The van der Waals surface area contributed by atoms with E-state index in [0.29, 0.717) is 64.2 Å². The molecule has 0 unspecified atom stereocenters. The molecule has 1 aliphatic heterocycles. The Labute approximate surface area is 153 Å². The number of anilines is 1. The lowest BCUT2D eigenvalue weighted by molar-refractivity contribution is 0.0306. The van der Waals surface area contributed by atoms with Crippen LogP contribution < -0.4 is 5.73 Å². The Balaban J connectivity index is 1.73. The molecule has 1 amide bonds. The summed E-state index contributed by atoms with van der Waals surface area (Å²) in [6.45, 7) is 2.27. The molecule has 2 aromatic heterocycles. The van der Waals surface area contributed by atoms with Gasteiger partial charge in [-0.3, -0.25) is 4.79 Å². The van der Waals surface area contributed by atoms with E-state index in [9.17, 15) is 4.79 Å². The van der Waals surface area contributed by atoms with Crippen LogP contribution in [0.25, 0.3) is 21.6 Å². The van der Waals surface area contributed by atoms with Crippen LogP contribution in [-0.4, -0.2) is 47.1 Å². The molecule has 1 saturated heterocycles. The molecule has 4 rings (SSSR count). The molecule has 0 radical (unpaired) electrons. The van der Waals surface area contributed by atoms with Gasteiger partial charge in [0.1, 0.15) is 10.6 Å². The molecule has 1 fully saturated rings. The van der Waals surface area contributed by atoms with Gasteiger partial charge in [-0.05, 0) is 18.2 Å². The number of thiophene rings is 1. The molecular weight excluding hydrogens is 350 g/mol. The highest BCUT2D eigenvalue weighted by Crippen LogP contribution is 2.31. The molecule has 3 heterocycles. The molecule has 7 nitrogen and oxygen atoms in total. The molecular formula is C18H15N5O2S. The fraction of sp³-hybridized carbons (Fsp3) is 0.222. The number of hydrogen-bond donors (Lipinski definition) is 1. The first-order chi connectivity index (χ1) is 12.7. The van der Waals surface area contributed by atoms with Crippen molar-refractivity contribution in [1.29, 1.82) is 5.26 Å². The van der Waals surface area contributed by atoms with Crippen molar-refractivity contribution in [2.24, 2.45) is 0 Å². The molecule has 26 heavy (non-hydrogen) atoms. The van der Waals surface area contributed by atoms with Gasteiger partial charge in [0.2, 0.25) is 0 Å². The summed E-state index contributed by atoms with van der Waals surface area (Å²) in [5, 5.41) is 9.73. The average molecular weight is 365 g/mol. The summed E-state index contributed by atoms with van der Waals surface area (Å²) >= 11 is 1.30. The van der Waals surface area contributed by atoms with Crippen LogP contribution in [0.1, 0.15) is 15.2 Å². The van der Waals surface area contributed by atoms with Crippen molar-refractivity contribution in [3.05, 3.63) is 40.8 Å². The summed E-state index contributed by atoms with van der Waals surface area (Å²) in [6, 6.07) is 10.9. The first-order valence-corrected chi connectivity index (χ1v) is 8.92. The fourth-order valence-electron chi connectivity index (χ4n) is 2.83. The number of amides is 1. The maximum absolute atomic E-state index is 12.7. The lowest BCUT2D eigenvalue weighted by Gasteiger charge is -2.26. The van der Waals surface area contributed by atoms with Crippen LogP contribution in [0.3, 0.4) is 0 Å². The maximum atomic E-state index is 12.7. The predicted octanol–water partition coefficient (Wildman–Crippen LogP) is 2.28. The Morgan fingerprint density at radius 1 is 1.27 bits per heavy atom. The minimum atomic E-state index is -0.0382. The number of nitrogens with two attached hydrogens (primary N) is 1. The van der Waals surface area contributed by atoms with E-state index in [1.807, 2.05) is 6.07 Å². The SMILES string of the molecule is N#Cc1cccc(-c2nc(N)c3cc(C(=O)N4CCOCC4)sc3n2)c1. The number of nitrogens with zero attached hydrogens (tertiary/aromatic N) is 4. The van der Waals surface area contributed by atoms with Crippen LogP contribution in [0.5, 0.6) is 0 Å². The number of fused-ring (bicyclic) bond motifs is 1. The summed E-state index contributed by atoms with van der Waals surface area (Å²) in [5.74, 6) is 0.729. The summed E-state index contributed by atoms with van der Waals surface area (Å²) in [7, 11) is 0. The molecule has 0 saturated carbocycles. The molecule has 0 aliphatic carbocycles. The molecule has 1 aromatic carbocycles. The summed E-state index contributed by atoms with van der Waals surface area (Å²) in [5.41, 5.74) is 7.34. The van der Waals surface area contributed by atoms with Gasteiger partial charge >= 0.3 is 0 Å². The standard InChI is InChI=1S/C18H15N5O2S/c19-10-11-2-1-3-12(8-11)16-21-15(20)13-9-14(26-17(13)22-16)18(24)23-4-6-25-7-5-23/h1-3,8-9H,4-7H2,(H2,20,21,22). The molecule has 1 aliphatic rings. The van der Waals surface area contributed by atoms with Gasteiger partial charge in [0.25, 0.3) is 5.91 Å². The van der Waals surface area contributed by atoms with Gasteiger partial charge in [0, 0.05) is 18.7 Å². The van der Waals surface area contributed by atoms with Crippen molar-refractivity contribution in [3.63, 3.8) is 0 Å². The number of rotatable bonds is 2. The van der Waals surface area contributed by atoms with Gasteiger partial charge in [-0.2, -0.15) is 5.26 Å². The molecule has 8 heteroatoms. The monoisotopic (exact) mass is 365 g/mol. The lowest BCUT2D eigenvalue weighted by Crippen LogP contribution is -2.40. The smallest absolute Gasteiger partial charge is 0.264 e. The van der Waals surface area contributed by atoms with Gasteiger partial charge in [0.15, 0.2) is 5.82 Å². The van der Waals surface area contributed by atoms with E-state index in [1.165, 1.54) is 11.3 Å². The number of carbonyl (C=O) groups excluding carboxylic acids is 1. The van der Waals surface area contributed by atoms with Gasteiger partial charge < -0.3 is 15.4 Å². The van der Waals surface area contributed by atoms with E-state index in [2.05, 4.69) is 16.0 Å². The van der Waals surface area contributed by atoms with E-state index in [0.717, 1.165) is 0 Å². The number of benzene rings is 1. The number of hydrogen-bond acceptors (Lipinski definition) is 7. The van der Waals surface area contributed by atoms with E-state index >= 15 is 0 Å². The topological polar surface area (TPSA) is 105 Å². The van der Waals surface area contributed by atoms with Crippen LogP contribution in [0, 0.1) is 11.3 Å². The van der Waals surface area contributed by atoms with Crippen LogP contribution in [0.4, 0.5) is 5.82 Å². The average Bonchev–Trinajstić information content (AvgIpc) is 3.13. The third-order valence-corrected chi connectivity index (χ3v) is 5.20. The number of aromatic nitrogens is 2. The highest BCUT2D eigenvalue weighted by Gasteiger charge is 2.22. The molecule has 2 N–H and O–H groups in total. The minimum absolute atomic E-state index is 0.0382. The Kier molecular flexibility index (Phi) is 4.24. The van der Waals surface area contributed by atoms with Crippen molar-refractivity contribution in [2.45, 2.75) is 0 Å². The van der Waals surface area contributed by atoms with E-state index in [-0.39, 0.29) is 5.91 Å². The van der Waals surface area contributed by atoms with Crippen molar-refractivity contribution in [2.75, 3.05) is 32.0 Å². The van der Waals surface area contributed by atoms with E-state index < -0.39 is 0 Å². The minimum Gasteiger partial charge on any atom is -0.383 e. The lowest BCUT2D eigenvalue weighted by atomic mass is 10.1. The van der Waals surface area contributed by atoms with Crippen molar-refractivity contribution < 1.29 is 9.53 Å². The molecule has 3 aromatic rings. The second-order valence-electron chi connectivity index (χ2n) is 5.86. The summed E-state index contributed by atoms with van der Waals surface area (Å²) < 4.78 is 5.29. The number of carbonyl (C=O) groups is 1. The second-order valence-corrected chi connectivity index (χ2v) is 6.89. The Morgan fingerprint density at radius 3 is 2.85 bits per heavy atom. The van der Waals surface area contributed by atoms with Crippen molar-refractivity contribution in [1.82, 2.24) is 14.9 Å². The van der Waals surface area contributed by atoms with Gasteiger partial charge in [0.05, 0.1) is 35.1 Å². The quantitative estimate of drug-likeness (QED) is 0.747. The highest BCUT2D eigenvalue weighted by molar-refractivity contribution is 7.20. The van der Waals surface area contributed by atoms with Crippen LogP contribution in [-0.2, 0) is 4.74 Å². The third-order valence-electron chi connectivity index (χ3n) is 4.18. The van der Waals surface area contributed by atoms with Gasteiger partial charge in [-0.25, -0.2) is 9.97 Å². The Morgan fingerprint density at radius 2 is 2.08 bits per heavy atom. The first-order valence-electron chi connectivity index (χ1n) is 8.10. The van der Waals surface area contributed by atoms with Crippen LogP contribution >= 0.6 is 11.3 Å². The van der Waals surface area contributed by atoms with Crippen molar-refractivity contribution >= 4 is 33.3 Å². The predicted molar refractivity (Wildman–Crippen MR) is 98.7 cm³/mol. The van der Waals surface area contributed by atoms with Crippen molar-refractivity contribution in [3.8, 4) is 17.5 Å². The number of ether oxygens (including phenoxy) is 1. The van der Waals surface area contributed by atoms with Crippen LogP contribution in [0.15, 0.2) is 30.3 Å². The first kappa shape index (κ1) is 16.4. The van der Waals surface area contributed by atoms with E-state index in [1.54, 1.807) is 29.2 Å². The normalized spacial score (nSPS) is 14.3. The molecule has 0 spiro atoms. The fourth-order valence-corrected chi connectivity index (χ4v) is 3.84. The van der Waals surface area contributed by atoms with Gasteiger partial charge in [-0.15, -0.1) is 11.3 Å². The van der Waals surface area contributed by atoms with Gasteiger partial charge in [-0.1, -0.05) is 12.1 Å². The largest absolute Gasteiger partial charge is 0.383 e. The zero-order valence-corrected chi connectivity index (χ0v) is 14.6. The maximum Gasteiger partial charge on any atom is 0.264 e. The second kappa shape index (κ2) is 6.71. The number of morpholine rings is 1. The summed E-state index contributed by atoms with van der Waals surface area (Å²) in [4.78, 5) is 24.6. The Hall–Kier alpha value is -3.02. The number of nitriles is 1. The third kappa shape index (κ3) is 2.98. The Bertz CT molecular complexity index is 1030. The zero-order valence-electron chi connectivity index (χ0n) is 13.8. The molecule has 130 valence electrons. The molecule has 0 bridgehead atoms. The highest BCUT2D eigenvalue weighted by atomic mass is 32.1. The van der Waals surface area contributed by atoms with E-state index in [4.69, 9.17) is 15.7 Å². The number of nitrogen functional groups attached to an aromatic ring is 1. The molecule has 0 atom stereocenters. The van der Waals surface area contributed by atoms with Crippen LogP contribution in [0.2, 0.25) is 0 Å².